The molecule has 0 radical (unpaired) electrons. The monoisotopic (exact) mass is 310 g/mol. The van der Waals surface area contributed by atoms with Gasteiger partial charge < -0.3 is 9.47 Å². The van der Waals surface area contributed by atoms with Crippen LogP contribution in [0, 0.1) is 0 Å². The first kappa shape index (κ1) is 14.4. The van der Waals surface area contributed by atoms with E-state index in [9.17, 15) is 8.42 Å². The Hall–Kier alpha value is -1.96. The van der Waals surface area contributed by atoms with E-state index in [4.69, 9.17) is 26.2 Å². The molecule has 0 bridgehead atoms. The molecule has 0 spiro atoms. The van der Waals surface area contributed by atoms with Gasteiger partial charge in [0.1, 0.15) is 11.5 Å². The molecule has 0 unspecified atom stereocenters. The third-order valence-corrected chi connectivity index (χ3v) is 3.27. The standard InChI is InChI=1S/C13H10O5S2/c14-20(15,16)12-8-4-7-11(9-12)18-13(19)17-10-5-2-1-3-6-10/h1-9H,(H,14,15,16). The Balaban J connectivity index is 2.09. The Labute approximate surface area is 121 Å². The van der Waals surface area contributed by atoms with E-state index >= 15 is 0 Å². The van der Waals surface area contributed by atoms with Crippen LogP contribution in [0.1, 0.15) is 0 Å². The van der Waals surface area contributed by atoms with Gasteiger partial charge in [-0.25, -0.2) is 0 Å². The maximum absolute atomic E-state index is 11.0. The van der Waals surface area contributed by atoms with E-state index < -0.39 is 10.1 Å². The minimum Gasteiger partial charge on any atom is -0.417 e. The second-order valence-corrected chi connectivity index (χ2v) is 5.47. The molecule has 2 aromatic rings. The number of ether oxygens (including phenoxy) is 2. The van der Waals surface area contributed by atoms with E-state index in [2.05, 4.69) is 0 Å². The lowest BCUT2D eigenvalue weighted by Crippen LogP contribution is -2.13. The summed E-state index contributed by atoms with van der Waals surface area (Å²) in [5, 5.41) is -0.177. The molecule has 0 heterocycles. The molecule has 0 aliphatic heterocycles. The summed E-state index contributed by atoms with van der Waals surface area (Å²) in [6.07, 6.45) is 0. The summed E-state index contributed by atoms with van der Waals surface area (Å²) in [6, 6.07) is 14.1. The zero-order chi connectivity index (χ0) is 14.6. The normalized spacial score (nSPS) is 10.8. The molecular weight excluding hydrogens is 300 g/mol. The molecule has 0 aliphatic carbocycles. The Morgan fingerprint density at radius 3 is 2.20 bits per heavy atom. The first-order valence-corrected chi connectivity index (χ1v) is 7.32. The second kappa shape index (κ2) is 6.00. The predicted octanol–water partition coefficient (Wildman–Crippen LogP) is 2.68. The minimum absolute atomic E-state index is 0.154. The largest absolute Gasteiger partial charge is 0.417 e. The Morgan fingerprint density at radius 1 is 0.950 bits per heavy atom. The van der Waals surface area contributed by atoms with Gasteiger partial charge >= 0.3 is 5.24 Å². The number of para-hydroxylation sites is 1. The van der Waals surface area contributed by atoms with Crippen LogP contribution in [0.15, 0.2) is 59.5 Å². The van der Waals surface area contributed by atoms with E-state index in [0.29, 0.717) is 5.75 Å². The van der Waals surface area contributed by atoms with Crippen molar-refractivity contribution in [2.75, 3.05) is 0 Å². The molecule has 0 aromatic heterocycles. The van der Waals surface area contributed by atoms with E-state index in [1.54, 1.807) is 24.3 Å². The highest BCUT2D eigenvalue weighted by Crippen LogP contribution is 2.18. The Kier molecular flexibility index (Phi) is 4.33. The second-order valence-electron chi connectivity index (χ2n) is 3.72. The lowest BCUT2D eigenvalue weighted by Gasteiger charge is -2.08. The molecule has 20 heavy (non-hydrogen) atoms. The van der Waals surface area contributed by atoms with E-state index in [1.165, 1.54) is 18.2 Å². The van der Waals surface area contributed by atoms with Gasteiger partial charge in [-0.2, -0.15) is 8.42 Å². The van der Waals surface area contributed by atoms with Crippen LogP contribution in [-0.2, 0) is 10.1 Å². The maximum atomic E-state index is 11.0. The summed E-state index contributed by atoms with van der Waals surface area (Å²) in [4.78, 5) is -0.280. The molecule has 0 amide bonds. The number of thiocarbonyl (C=S) groups is 1. The SMILES string of the molecule is O=S(=O)(O)c1cccc(OC(=S)Oc2ccccc2)c1. The van der Waals surface area contributed by atoms with E-state index in [1.807, 2.05) is 6.07 Å². The van der Waals surface area contributed by atoms with Crippen molar-refractivity contribution in [2.45, 2.75) is 4.90 Å². The Morgan fingerprint density at radius 2 is 1.55 bits per heavy atom. The van der Waals surface area contributed by atoms with Crippen molar-refractivity contribution >= 4 is 27.6 Å². The zero-order valence-electron chi connectivity index (χ0n) is 10.1. The Bertz CT molecular complexity index is 711. The quantitative estimate of drug-likeness (QED) is 0.694. The summed E-state index contributed by atoms with van der Waals surface area (Å²) in [5.41, 5.74) is 0. The van der Waals surface area contributed by atoms with Crippen LogP contribution in [0.2, 0.25) is 0 Å². The van der Waals surface area contributed by atoms with Gasteiger partial charge in [0.25, 0.3) is 10.1 Å². The van der Waals surface area contributed by atoms with Crippen LogP contribution in [0.4, 0.5) is 0 Å². The fourth-order valence-corrected chi connectivity index (χ4v) is 2.11. The topological polar surface area (TPSA) is 72.8 Å². The summed E-state index contributed by atoms with van der Waals surface area (Å²) < 4.78 is 41.4. The summed E-state index contributed by atoms with van der Waals surface area (Å²) in [6.45, 7) is 0. The van der Waals surface area contributed by atoms with Crippen molar-refractivity contribution < 1.29 is 22.4 Å². The molecule has 0 fully saturated rings. The smallest absolute Gasteiger partial charge is 0.363 e. The highest BCUT2D eigenvalue weighted by molar-refractivity contribution is 7.85. The predicted molar refractivity (Wildman–Crippen MR) is 76.6 cm³/mol. The molecule has 7 heteroatoms. The number of rotatable bonds is 3. The summed E-state index contributed by atoms with van der Waals surface area (Å²) in [5.74, 6) is 0.657. The van der Waals surface area contributed by atoms with Crippen LogP contribution >= 0.6 is 12.2 Å². The molecule has 104 valence electrons. The molecule has 5 nitrogen and oxygen atoms in total. The molecule has 2 aromatic carbocycles. The molecule has 0 aliphatic rings. The van der Waals surface area contributed by atoms with Crippen LogP contribution in [-0.4, -0.2) is 18.2 Å². The van der Waals surface area contributed by atoms with Gasteiger partial charge in [0, 0.05) is 18.3 Å². The highest BCUT2D eigenvalue weighted by atomic mass is 32.2. The summed E-state index contributed by atoms with van der Waals surface area (Å²) >= 11 is 4.90. The van der Waals surface area contributed by atoms with E-state index in [-0.39, 0.29) is 15.9 Å². The molecule has 2 rings (SSSR count). The molecule has 0 saturated heterocycles. The lowest BCUT2D eigenvalue weighted by atomic mass is 10.3. The van der Waals surface area contributed by atoms with Gasteiger partial charge in [-0.3, -0.25) is 4.55 Å². The molecular formula is C13H10O5S2. The van der Waals surface area contributed by atoms with Gasteiger partial charge in [0.05, 0.1) is 4.90 Å². The fourth-order valence-electron chi connectivity index (χ4n) is 1.40. The highest BCUT2D eigenvalue weighted by Gasteiger charge is 2.11. The van der Waals surface area contributed by atoms with Crippen molar-refractivity contribution in [2.24, 2.45) is 0 Å². The van der Waals surface area contributed by atoms with Crippen molar-refractivity contribution in [3.05, 3.63) is 54.6 Å². The lowest BCUT2D eigenvalue weighted by molar-refractivity contribution is 0.402. The van der Waals surface area contributed by atoms with E-state index in [0.717, 1.165) is 6.07 Å². The van der Waals surface area contributed by atoms with Crippen LogP contribution in [0.3, 0.4) is 0 Å². The maximum Gasteiger partial charge on any atom is 0.363 e. The summed E-state index contributed by atoms with van der Waals surface area (Å²) in [7, 11) is -4.28. The zero-order valence-corrected chi connectivity index (χ0v) is 11.7. The van der Waals surface area contributed by atoms with Crippen LogP contribution in [0.25, 0.3) is 0 Å². The van der Waals surface area contributed by atoms with Gasteiger partial charge in [-0.15, -0.1) is 0 Å². The first-order valence-electron chi connectivity index (χ1n) is 5.47. The van der Waals surface area contributed by atoms with Crippen LogP contribution in [0.5, 0.6) is 11.5 Å². The third kappa shape index (κ3) is 4.02. The fraction of sp³-hybridized carbons (Fsp3) is 0. The number of hydrogen-bond donors (Lipinski definition) is 1. The number of benzene rings is 2. The third-order valence-electron chi connectivity index (χ3n) is 2.25. The first-order chi connectivity index (χ1) is 9.45. The van der Waals surface area contributed by atoms with Gasteiger partial charge in [-0.05, 0) is 24.3 Å². The minimum atomic E-state index is -4.28. The molecule has 0 saturated carbocycles. The van der Waals surface area contributed by atoms with Crippen molar-refractivity contribution in [1.82, 2.24) is 0 Å². The van der Waals surface area contributed by atoms with Crippen molar-refractivity contribution in [3.8, 4) is 11.5 Å². The number of hydrogen-bond acceptors (Lipinski definition) is 5. The molecule has 0 atom stereocenters. The van der Waals surface area contributed by atoms with Gasteiger partial charge in [-0.1, -0.05) is 24.3 Å². The van der Waals surface area contributed by atoms with Gasteiger partial charge in [0.2, 0.25) is 0 Å². The average Bonchev–Trinajstić information content (AvgIpc) is 2.39. The van der Waals surface area contributed by atoms with Crippen molar-refractivity contribution in [1.29, 1.82) is 0 Å². The van der Waals surface area contributed by atoms with Gasteiger partial charge in [0.15, 0.2) is 0 Å². The molecule has 1 N–H and O–H groups in total. The van der Waals surface area contributed by atoms with Crippen molar-refractivity contribution in [3.63, 3.8) is 0 Å². The van der Waals surface area contributed by atoms with Crippen LogP contribution < -0.4 is 9.47 Å². The average molecular weight is 310 g/mol.